The molecule has 0 saturated carbocycles. The van der Waals surface area contributed by atoms with Gasteiger partial charge in [-0.3, -0.25) is 0 Å². The Balaban J connectivity index is 2.04. The fourth-order valence-electron chi connectivity index (χ4n) is 1.61. The topological polar surface area (TPSA) is 44.3 Å². The molecular weight excluding hydrogens is 164 g/mol. The van der Waals surface area contributed by atoms with Crippen molar-refractivity contribution in [2.75, 3.05) is 19.6 Å². The van der Waals surface area contributed by atoms with Crippen LogP contribution in [0.4, 0.5) is 0 Å². The van der Waals surface area contributed by atoms with Crippen LogP contribution < -0.4 is 10.6 Å². The highest BCUT2D eigenvalue weighted by Gasteiger charge is 2.15. The van der Waals surface area contributed by atoms with Crippen molar-refractivity contribution in [2.24, 2.45) is 0 Å². The zero-order chi connectivity index (χ0) is 9.73. The Labute approximate surface area is 80.9 Å². The van der Waals surface area contributed by atoms with Crippen LogP contribution in [0.2, 0.25) is 0 Å². The van der Waals surface area contributed by atoms with Crippen molar-refractivity contribution in [1.82, 2.24) is 10.6 Å². The average Bonchev–Trinajstić information content (AvgIpc) is 2.04. The van der Waals surface area contributed by atoms with Crippen molar-refractivity contribution < 1.29 is 5.11 Å². The predicted octanol–water partition coefficient (Wildman–Crippen LogP) is 0.489. The predicted molar refractivity (Wildman–Crippen MR) is 54.8 cm³/mol. The van der Waals surface area contributed by atoms with Crippen LogP contribution in [-0.2, 0) is 0 Å². The van der Waals surface area contributed by atoms with Crippen LogP contribution in [0.5, 0.6) is 0 Å². The van der Waals surface area contributed by atoms with Crippen LogP contribution >= 0.6 is 0 Å². The minimum absolute atomic E-state index is 0.528. The van der Waals surface area contributed by atoms with Gasteiger partial charge in [0.25, 0.3) is 0 Å². The van der Waals surface area contributed by atoms with E-state index in [0.717, 1.165) is 26.1 Å². The Morgan fingerprint density at radius 2 is 2.00 bits per heavy atom. The lowest BCUT2D eigenvalue weighted by molar-refractivity contribution is 0.0700. The fourth-order valence-corrected chi connectivity index (χ4v) is 1.61. The molecule has 1 aliphatic heterocycles. The van der Waals surface area contributed by atoms with E-state index in [4.69, 9.17) is 0 Å². The lowest BCUT2D eigenvalue weighted by Gasteiger charge is -2.25. The number of piperidine rings is 1. The van der Waals surface area contributed by atoms with Gasteiger partial charge in [0.1, 0.15) is 0 Å². The van der Waals surface area contributed by atoms with Gasteiger partial charge in [-0.05, 0) is 52.7 Å². The molecule has 3 nitrogen and oxygen atoms in total. The number of aliphatic hydroxyl groups is 1. The van der Waals surface area contributed by atoms with E-state index >= 15 is 0 Å². The molecule has 1 saturated heterocycles. The first-order valence-electron chi connectivity index (χ1n) is 5.24. The number of nitrogens with one attached hydrogen (secondary N) is 2. The van der Waals surface area contributed by atoms with Crippen LogP contribution in [0.25, 0.3) is 0 Å². The van der Waals surface area contributed by atoms with Gasteiger partial charge in [-0.15, -0.1) is 0 Å². The summed E-state index contributed by atoms with van der Waals surface area (Å²) in [4.78, 5) is 0. The Morgan fingerprint density at radius 1 is 1.38 bits per heavy atom. The van der Waals surface area contributed by atoms with Gasteiger partial charge in [-0.25, -0.2) is 0 Å². The molecule has 1 aliphatic rings. The molecule has 1 fully saturated rings. The summed E-state index contributed by atoms with van der Waals surface area (Å²) in [5.41, 5.74) is -0.528. The third-order valence-electron chi connectivity index (χ3n) is 2.51. The van der Waals surface area contributed by atoms with E-state index in [0.29, 0.717) is 6.04 Å². The third-order valence-corrected chi connectivity index (χ3v) is 2.51. The van der Waals surface area contributed by atoms with E-state index in [1.54, 1.807) is 0 Å². The molecule has 0 aromatic rings. The highest BCUT2D eigenvalue weighted by molar-refractivity contribution is 4.75. The van der Waals surface area contributed by atoms with Crippen LogP contribution in [-0.4, -0.2) is 36.4 Å². The van der Waals surface area contributed by atoms with Crippen LogP contribution in [0, 0.1) is 0 Å². The molecule has 0 atom stereocenters. The summed E-state index contributed by atoms with van der Waals surface area (Å²) in [6, 6.07) is 0.656. The average molecular weight is 186 g/mol. The van der Waals surface area contributed by atoms with Crippen molar-refractivity contribution in [3.8, 4) is 0 Å². The molecule has 0 bridgehead atoms. The van der Waals surface area contributed by atoms with Crippen LogP contribution in [0.15, 0.2) is 0 Å². The molecule has 3 N–H and O–H groups in total. The number of hydrogen-bond donors (Lipinski definition) is 3. The smallest absolute Gasteiger partial charge is 0.0603 e. The summed E-state index contributed by atoms with van der Waals surface area (Å²) in [5.74, 6) is 0. The van der Waals surface area contributed by atoms with Crippen molar-refractivity contribution in [1.29, 1.82) is 0 Å². The van der Waals surface area contributed by atoms with E-state index < -0.39 is 5.60 Å². The van der Waals surface area contributed by atoms with E-state index in [-0.39, 0.29) is 0 Å². The van der Waals surface area contributed by atoms with Crippen LogP contribution in [0.1, 0.15) is 33.1 Å². The Kier molecular flexibility index (Phi) is 4.16. The molecule has 13 heavy (non-hydrogen) atoms. The summed E-state index contributed by atoms with van der Waals surface area (Å²) in [5, 5.41) is 16.3. The SMILES string of the molecule is CC(C)(O)CCNC1CCNCC1. The molecular formula is C10H22N2O. The van der Waals surface area contributed by atoms with Crippen molar-refractivity contribution in [3.63, 3.8) is 0 Å². The van der Waals surface area contributed by atoms with Gasteiger partial charge in [-0.2, -0.15) is 0 Å². The molecule has 0 aliphatic carbocycles. The van der Waals surface area contributed by atoms with Crippen molar-refractivity contribution >= 4 is 0 Å². The Bertz CT molecular complexity index is 136. The van der Waals surface area contributed by atoms with E-state index in [2.05, 4.69) is 10.6 Å². The molecule has 0 amide bonds. The van der Waals surface area contributed by atoms with Gasteiger partial charge < -0.3 is 15.7 Å². The van der Waals surface area contributed by atoms with Crippen molar-refractivity contribution in [3.05, 3.63) is 0 Å². The lowest BCUT2D eigenvalue weighted by atomic mass is 10.0. The highest BCUT2D eigenvalue weighted by Crippen LogP contribution is 2.07. The molecule has 3 heteroatoms. The van der Waals surface area contributed by atoms with E-state index in [1.165, 1.54) is 12.8 Å². The van der Waals surface area contributed by atoms with Gasteiger partial charge in [0.15, 0.2) is 0 Å². The minimum Gasteiger partial charge on any atom is -0.390 e. The summed E-state index contributed by atoms with van der Waals surface area (Å²) >= 11 is 0. The first-order chi connectivity index (χ1) is 6.08. The maximum Gasteiger partial charge on any atom is 0.0603 e. The molecule has 1 rings (SSSR count). The zero-order valence-corrected chi connectivity index (χ0v) is 8.77. The Morgan fingerprint density at radius 3 is 2.54 bits per heavy atom. The summed E-state index contributed by atoms with van der Waals surface area (Å²) in [6.45, 7) is 6.89. The molecule has 0 radical (unpaired) electrons. The number of rotatable bonds is 4. The second-order valence-corrected chi connectivity index (χ2v) is 4.54. The van der Waals surface area contributed by atoms with E-state index in [1.807, 2.05) is 13.8 Å². The molecule has 1 heterocycles. The first-order valence-corrected chi connectivity index (χ1v) is 5.24. The number of hydrogen-bond acceptors (Lipinski definition) is 3. The van der Waals surface area contributed by atoms with Gasteiger partial charge in [0, 0.05) is 6.04 Å². The minimum atomic E-state index is -0.528. The second kappa shape index (κ2) is 4.94. The van der Waals surface area contributed by atoms with Gasteiger partial charge in [0.05, 0.1) is 5.60 Å². The third kappa shape index (κ3) is 5.24. The summed E-state index contributed by atoms with van der Waals surface area (Å²) < 4.78 is 0. The monoisotopic (exact) mass is 186 g/mol. The molecule has 0 aromatic carbocycles. The standard InChI is InChI=1S/C10H22N2O/c1-10(2,13)5-8-12-9-3-6-11-7-4-9/h9,11-13H,3-8H2,1-2H3. The maximum absolute atomic E-state index is 9.49. The van der Waals surface area contributed by atoms with Gasteiger partial charge >= 0.3 is 0 Å². The quantitative estimate of drug-likeness (QED) is 0.598. The lowest BCUT2D eigenvalue weighted by Crippen LogP contribution is -2.41. The molecule has 78 valence electrons. The maximum atomic E-state index is 9.49. The largest absolute Gasteiger partial charge is 0.390 e. The summed E-state index contributed by atoms with van der Waals surface area (Å²) in [7, 11) is 0. The second-order valence-electron chi connectivity index (χ2n) is 4.54. The fraction of sp³-hybridized carbons (Fsp3) is 1.00. The first kappa shape index (κ1) is 11.0. The molecule has 0 aromatic heterocycles. The zero-order valence-electron chi connectivity index (χ0n) is 8.77. The van der Waals surface area contributed by atoms with Crippen LogP contribution in [0.3, 0.4) is 0 Å². The van der Waals surface area contributed by atoms with E-state index in [9.17, 15) is 5.11 Å². The Hall–Kier alpha value is -0.120. The summed E-state index contributed by atoms with van der Waals surface area (Å²) in [6.07, 6.45) is 3.26. The normalized spacial score (nSPS) is 20.5. The van der Waals surface area contributed by atoms with Gasteiger partial charge in [-0.1, -0.05) is 0 Å². The highest BCUT2D eigenvalue weighted by atomic mass is 16.3. The molecule has 0 unspecified atom stereocenters. The molecule has 0 spiro atoms. The van der Waals surface area contributed by atoms with Gasteiger partial charge in [0.2, 0.25) is 0 Å². The van der Waals surface area contributed by atoms with Crippen molar-refractivity contribution in [2.45, 2.75) is 44.8 Å².